The molecule has 0 fully saturated rings. The van der Waals surface area contributed by atoms with E-state index < -0.39 is 77.6 Å². The highest BCUT2D eigenvalue weighted by molar-refractivity contribution is 5.77. The monoisotopic (exact) mass is 719 g/mol. The maximum Gasteiger partial charge on any atom is 0.408 e. The van der Waals surface area contributed by atoms with E-state index in [9.17, 15) is 29.7 Å². The SMILES string of the molecule is COc1ccc(OC)c(CO[C@@H]([C@@H](C)C(CO)OC(C)=O)[C@]2(O)C[C@H](OC(=O)[C@H](O)[C@@H](NC(=O)OC(C)(C)C)c3ccco3)C(C)=CC2(C)C)c1. The number of nitrogens with one attached hydrogen (secondary N) is 1. The number of aliphatic hydroxyl groups is 3. The predicted octanol–water partition coefficient (Wildman–Crippen LogP) is 4.39. The van der Waals surface area contributed by atoms with E-state index >= 15 is 0 Å². The number of benzene rings is 1. The number of hydrogen-bond acceptors (Lipinski definition) is 13. The number of alkyl carbamates (subject to hydrolysis) is 1. The van der Waals surface area contributed by atoms with Crippen LogP contribution < -0.4 is 14.8 Å². The summed E-state index contributed by atoms with van der Waals surface area (Å²) in [6.45, 7) is 12.6. The summed E-state index contributed by atoms with van der Waals surface area (Å²) in [7, 11) is 3.03. The Morgan fingerprint density at radius 1 is 1.12 bits per heavy atom. The fourth-order valence-electron chi connectivity index (χ4n) is 6.28. The van der Waals surface area contributed by atoms with Gasteiger partial charge in [0.05, 0.1) is 39.8 Å². The predicted molar refractivity (Wildman–Crippen MR) is 184 cm³/mol. The number of esters is 2. The Hall–Kier alpha value is -4.11. The van der Waals surface area contributed by atoms with Gasteiger partial charge in [0.15, 0.2) is 6.10 Å². The Morgan fingerprint density at radius 3 is 2.35 bits per heavy atom. The lowest BCUT2D eigenvalue weighted by Crippen LogP contribution is -2.62. The first-order chi connectivity index (χ1) is 23.8. The van der Waals surface area contributed by atoms with E-state index in [1.165, 1.54) is 39.5 Å². The maximum atomic E-state index is 13.6. The summed E-state index contributed by atoms with van der Waals surface area (Å²) < 4.78 is 39.4. The molecule has 1 aliphatic carbocycles. The zero-order chi connectivity index (χ0) is 38.3. The molecule has 0 radical (unpaired) electrons. The normalized spacial score (nSPS) is 21.6. The molecule has 1 unspecified atom stereocenters. The van der Waals surface area contributed by atoms with E-state index in [-0.39, 0.29) is 18.8 Å². The maximum absolute atomic E-state index is 13.6. The van der Waals surface area contributed by atoms with Crippen LogP contribution in [0.25, 0.3) is 0 Å². The van der Waals surface area contributed by atoms with Crippen molar-refractivity contribution >= 4 is 18.0 Å². The van der Waals surface area contributed by atoms with Crippen molar-refractivity contribution in [3.05, 3.63) is 59.6 Å². The van der Waals surface area contributed by atoms with Crippen LogP contribution in [0.4, 0.5) is 4.79 Å². The van der Waals surface area contributed by atoms with E-state index in [4.69, 9.17) is 32.8 Å². The average Bonchev–Trinajstić information content (AvgIpc) is 3.58. The third kappa shape index (κ3) is 10.2. The number of aliphatic hydroxyl groups excluding tert-OH is 2. The second kappa shape index (κ2) is 16.9. The molecule has 14 nitrogen and oxygen atoms in total. The molecule has 1 heterocycles. The molecule has 4 N–H and O–H groups in total. The highest BCUT2D eigenvalue weighted by atomic mass is 16.6. The van der Waals surface area contributed by atoms with Crippen molar-refractivity contribution in [3.8, 4) is 11.5 Å². The van der Waals surface area contributed by atoms with Gasteiger partial charge in [0.1, 0.15) is 46.7 Å². The standard InChI is InChI=1S/C37H53NO13/c1-21-17-36(7,8)37(44,18-28(21)50-33(42)31(41)30(27-12-11-15-47-27)38-34(43)51-35(4,5)6)32(22(2)29(19-39)49-23(3)40)48-20-24-16-25(45-9)13-14-26(24)46-10/h11-17,22,28-32,39,41,44H,18-20H2,1-10H3,(H,38,43)/t22-,28-,29?,30-,31+,32-,37+/m0/s1. The van der Waals surface area contributed by atoms with Crippen LogP contribution in [0.5, 0.6) is 11.5 Å². The lowest BCUT2D eigenvalue weighted by molar-refractivity contribution is -0.215. The van der Waals surface area contributed by atoms with Crippen molar-refractivity contribution in [2.24, 2.45) is 11.3 Å². The molecule has 1 aromatic heterocycles. The summed E-state index contributed by atoms with van der Waals surface area (Å²) >= 11 is 0. The molecule has 0 saturated heterocycles. The molecule has 51 heavy (non-hydrogen) atoms. The first-order valence-electron chi connectivity index (χ1n) is 16.7. The van der Waals surface area contributed by atoms with Gasteiger partial charge in [0.25, 0.3) is 0 Å². The Balaban J connectivity index is 1.99. The van der Waals surface area contributed by atoms with E-state index in [1.807, 2.05) is 0 Å². The molecule has 2 aromatic rings. The number of hydrogen-bond donors (Lipinski definition) is 4. The van der Waals surface area contributed by atoms with Gasteiger partial charge < -0.3 is 53.5 Å². The van der Waals surface area contributed by atoms with E-state index in [0.717, 1.165) is 0 Å². The van der Waals surface area contributed by atoms with Crippen LogP contribution in [0.2, 0.25) is 0 Å². The summed E-state index contributed by atoms with van der Waals surface area (Å²) in [5.41, 5.74) is -2.53. The quantitative estimate of drug-likeness (QED) is 0.115. The van der Waals surface area contributed by atoms with Gasteiger partial charge in [0.2, 0.25) is 0 Å². The molecule has 0 aliphatic heterocycles. The van der Waals surface area contributed by atoms with Crippen LogP contribution in [0.3, 0.4) is 0 Å². The van der Waals surface area contributed by atoms with Crippen LogP contribution >= 0.6 is 0 Å². The molecule has 14 heteroatoms. The van der Waals surface area contributed by atoms with Crippen molar-refractivity contribution in [2.75, 3.05) is 20.8 Å². The molecule has 1 amide bonds. The smallest absolute Gasteiger partial charge is 0.408 e. The minimum absolute atomic E-state index is 0.0784. The van der Waals surface area contributed by atoms with Gasteiger partial charge in [-0.25, -0.2) is 9.59 Å². The summed E-state index contributed by atoms with van der Waals surface area (Å²) in [4.78, 5) is 38.3. The van der Waals surface area contributed by atoms with Crippen LogP contribution in [0.15, 0.2) is 52.7 Å². The highest BCUT2D eigenvalue weighted by Gasteiger charge is 2.56. The number of amides is 1. The number of ether oxygens (including phenoxy) is 6. The lowest BCUT2D eigenvalue weighted by atomic mass is 9.61. The minimum Gasteiger partial charge on any atom is -0.497 e. The summed E-state index contributed by atoms with van der Waals surface area (Å²) in [5, 5.41) is 36.7. The van der Waals surface area contributed by atoms with Gasteiger partial charge in [0, 0.05) is 30.2 Å². The number of furan rings is 1. The average molecular weight is 720 g/mol. The first-order valence-corrected chi connectivity index (χ1v) is 16.7. The van der Waals surface area contributed by atoms with Crippen LogP contribution in [0.1, 0.15) is 79.2 Å². The third-order valence-corrected chi connectivity index (χ3v) is 8.98. The van der Waals surface area contributed by atoms with E-state index in [0.29, 0.717) is 22.6 Å². The molecule has 0 saturated carbocycles. The fourth-order valence-corrected chi connectivity index (χ4v) is 6.28. The largest absolute Gasteiger partial charge is 0.497 e. The van der Waals surface area contributed by atoms with Gasteiger partial charge in [-0.05, 0) is 63.6 Å². The number of rotatable bonds is 15. The molecular weight excluding hydrogens is 666 g/mol. The van der Waals surface area contributed by atoms with Gasteiger partial charge in [-0.1, -0.05) is 26.8 Å². The lowest BCUT2D eigenvalue weighted by Gasteiger charge is -2.52. The van der Waals surface area contributed by atoms with Crippen LogP contribution in [-0.4, -0.2) is 89.8 Å². The van der Waals surface area contributed by atoms with Crippen LogP contribution in [-0.2, 0) is 35.1 Å². The second-order valence-electron chi connectivity index (χ2n) is 14.3. The topological polar surface area (TPSA) is 192 Å². The van der Waals surface area contributed by atoms with Crippen LogP contribution in [0, 0.1) is 11.3 Å². The Morgan fingerprint density at radius 2 is 1.80 bits per heavy atom. The molecule has 0 spiro atoms. The number of carbonyl (C=O) groups excluding carboxylic acids is 3. The first kappa shape index (κ1) is 41.3. The van der Waals surface area contributed by atoms with Crippen molar-refractivity contribution in [2.45, 2.75) is 110 Å². The second-order valence-corrected chi connectivity index (χ2v) is 14.3. The van der Waals surface area contributed by atoms with E-state index in [1.54, 1.807) is 72.7 Å². The van der Waals surface area contributed by atoms with Crippen molar-refractivity contribution < 1.29 is 62.5 Å². The summed E-state index contributed by atoms with van der Waals surface area (Å²) in [6.07, 6.45) is -3.25. The summed E-state index contributed by atoms with van der Waals surface area (Å²) in [6, 6.07) is 6.81. The minimum atomic E-state index is -1.94. The molecule has 0 bridgehead atoms. The Bertz CT molecular complexity index is 1510. The molecule has 284 valence electrons. The van der Waals surface area contributed by atoms with Gasteiger partial charge >= 0.3 is 18.0 Å². The Labute approximate surface area is 299 Å². The van der Waals surface area contributed by atoms with Gasteiger partial charge in [-0.2, -0.15) is 0 Å². The van der Waals surface area contributed by atoms with E-state index in [2.05, 4.69) is 5.32 Å². The molecule has 3 rings (SSSR count). The fraction of sp³-hybridized carbons (Fsp3) is 0.595. The van der Waals surface area contributed by atoms with Gasteiger partial charge in [-0.15, -0.1) is 0 Å². The van der Waals surface area contributed by atoms with Crippen molar-refractivity contribution in [1.82, 2.24) is 5.32 Å². The molecule has 1 aliphatic rings. The molecule has 7 atom stereocenters. The van der Waals surface area contributed by atoms with Crippen molar-refractivity contribution in [3.63, 3.8) is 0 Å². The van der Waals surface area contributed by atoms with Gasteiger partial charge in [-0.3, -0.25) is 4.79 Å². The zero-order valence-corrected chi connectivity index (χ0v) is 31.1. The summed E-state index contributed by atoms with van der Waals surface area (Å²) in [5.74, 6) is -1.41. The van der Waals surface area contributed by atoms with Crippen molar-refractivity contribution in [1.29, 1.82) is 0 Å². The number of carbonyl (C=O) groups is 3. The zero-order valence-electron chi connectivity index (χ0n) is 31.1. The molecular formula is C37H53NO13. The Kier molecular flexibility index (Phi) is 13.7. The third-order valence-electron chi connectivity index (χ3n) is 8.98. The number of methoxy groups -OCH3 is 2. The molecule has 1 aromatic carbocycles. The highest BCUT2D eigenvalue weighted by Crippen LogP contribution is 2.49.